The number of carbonyl (C=O) groups excluding carboxylic acids is 2. The SMILES string of the molecule is Cc1nc2ccc(C(=O)N3CCN(C(=O)c4cccc(F)c4)CC3)cc2o1. The number of rotatable bonds is 2. The number of piperazine rings is 1. The minimum Gasteiger partial charge on any atom is -0.441 e. The molecule has 1 aliphatic heterocycles. The summed E-state index contributed by atoms with van der Waals surface area (Å²) >= 11 is 0. The van der Waals surface area contributed by atoms with Gasteiger partial charge in [-0.05, 0) is 36.4 Å². The molecule has 0 bridgehead atoms. The van der Waals surface area contributed by atoms with Crippen molar-refractivity contribution in [1.82, 2.24) is 14.8 Å². The van der Waals surface area contributed by atoms with Gasteiger partial charge in [-0.25, -0.2) is 9.37 Å². The van der Waals surface area contributed by atoms with Crippen molar-refractivity contribution in [3.63, 3.8) is 0 Å². The second-order valence-corrected chi connectivity index (χ2v) is 6.51. The maximum Gasteiger partial charge on any atom is 0.254 e. The molecule has 7 heteroatoms. The molecule has 1 fully saturated rings. The van der Waals surface area contributed by atoms with Crippen molar-refractivity contribution in [3.05, 3.63) is 65.3 Å². The number of amides is 2. The lowest BCUT2D eigenvalue weighted by molar-refractivity contribution is 0.0535. The summed E-state index contributed by atoms with van der Waals surface area (Å²) in [5.74, 6) is -0.212. The van der Waals surface area contributed by atoms with Crippen molar-refractivity contribution >= 4 is 22.9 Å². The van der Waals surface area contributed by atoms with Gasteiger partial charge in [-0.1, -0.05) is 6.07 Å². The summed E-state index contributed by atoms with van der Waals surface area (Å²) in [4.78, 5) is 32.8. The summed E-state index contributed by atoms with van der Waals surface area (Å²) in [6.07, 6.45) is 0. The van der Waals surface area contributed by atoms with Crippen LogP contribution in [0, 0.1) is 12.7 Å². The van der Waals surface area contributed by atoms with Crippen molar-refractivity contribution in [2.24, 2.45) is 0 Å². The Morgan fingerprint density at radius 3 is 2.22 bits per heavy atom. The zero-order valence-electron chi connectivity index (χ0n) is 14.8. The van der Waals surface area contributed by atoms with Gasteiger partial charge in [0.25, 0.3) is 11.8 Å². The molecule has 0 saturated carbocycles. The first-order chi connectivity index (χ1) is 13.0. The molecule has 2 amide bonds. The van der Waals surface area contributed by atoms with Crippen molar-refractivity contribution in [2.45, 2.75) is 6.92 Å². The van der Waals surface area contributed by atoms with Crippen molar-refractivity contribution < 1.29 is 18.4 Å². The van der Waals surface area contributed by atoms with Crippen LogP contribution >= 0.6 is 0 Å². The zero-order chi connectivity index (χ0) is 19.0. The topological polar surface area (TPSA) is 66.7 Å². The standard InChI is InChI=1S/C20H18FN3O3/c1-13-22-17-6-5-15(12-18(17)27-13)20(26)24-9-7-23(8-10-24)19(25)14-3-2-4-16(21)11-14/h2-6,11-12H,7-10H2,1H3. The molecule has 1 aromatic heterocycles. The first kappa shape index (κ1) is 17.2. The number of aromatic nitrogens is 1. The minimum atomic E-state index is -0.437. The maximum absolute atomic E-state index is 13.3. The van der Waals surface area contributed by atoms with E-state index in [2.05, 4.69) is 4.98 Å². The van der Waals surface area contributed by atoms with Gasteiger partial charge in [0.05, 0.1) is 0 Å². The highest BCUT2D eigenvalue weighted by Crippen LogP contribution is 2.19. The summed E-state index contributed by atoms with van der Waals surface area (Å²) in [5, 5.41) is 0. The van der Waals surface area contributed by atoms with Crippen LogP contribution in [0.4, 0.5) is 4.39 Å². The highest BCUT2D eigenvalue weighted by Gasteiger charge is 2.26. The Bertz CT molecular complexity index is 1020. The van der Waals surface area contributed by atoms with Crippen molar-refractivity contribution in [1.29, 1.82) is 0 Å². The Morgan fingerprint density at radius 2 is 1.59 bits per heavy atom. The van der Waals surface area contributed by atoms with Crippen LogP contribution in [0.1, 0.15) is 26.6 Å². The molecular formula is C20H18FN3O3. The van der Waals surface area contributed by atoms with Gasteiger partial charge in [0.1, 0.15) is 11.3 Å². The van der Waals surface area contributed by atoms with Gasteiger partial charge in [-0.15, -0.1) is 0 Å². The third kappa shape index (κ3) is 3.40. The average Bonchev–Trinajstić information content (AvgIpc) is 3.06. The Hall–Kier alpha value is -3.22. The number of hydrogen-bond donors (Lipinski definition) is 0. The second kappa shape index (κ2) is 6.83. The van der Waals surface area contributed by atoms with Gasteiger partial charge in [-0.3, -0.25) is 9.59 Å². The largest absolute Gasteiger partial charge is 0.441 e. The summed E-state index contributed by atoms with van der Waals surface area (Å²) in [5.41, 5.74) is 2.15. The summed E-state index contributed by atoms with van der Waals surface area (Å²) in [6.45, 7) is 3.42. The number of oxazole rings is 1. The molecule has 0 radical (unpaired) electrons. The van der Waals surface area contributed by atoms with Crippen LogP contribution in [0.25, 0.3) is 11.1 Å². The van der Waals surface area contributed by atoms with Crippen LogP contribution in [0.5, 0.6) is 0 Å². The van der Waals surface area contributed by atoms with E-state index in [0.29, 0.717) is 48.8 Å². The van der Waals surface area contributed by atoms with Crippen molar-refractivity contribution in [3.8, 4) is 0 Å². The molecule has 3 aromatic rings. The van der Waals surface area contributed by atoms with E-state index in [4.69, 9.17) is 4.42 Å². The highest BCUT2D eigenvalue weighted by atomic mass is 19.1. The third-order valence-corrected chi connectivity index (χ3v) is 4.67. The minimum absolute atomic E-state index is 0.108. The van der Waals surface area contributed by atoms with E-state index < -0.39 is 5.82 Å². The smallest absolute Gasteiger partial charge is 0.254 e. The quantitative estimate of drug-likeness (QED) is 0.699. The number of aryl methyl sites for hydroxylation is 1. The lowest BCUT2D eigenvalue weighted by Gasteiger charge is -2.34. The van der Waals surface area contributed by atoms with Crippen LogP contribution in [0.15, 0.2) is 46.9 Å². The first-order valence-electron chi connectivity index (χ1n) is 8.72. The van der Waals surface area contributed by atoms with E-state index in [1.54, 1.807) is 41.0 Å². The number of carbonyl (C=O) groups is 2. The maximum atomic E-state index is 13.3. The molecule has 138 valence electrons. The fraction of sp³-hybridized carbons (Fsp3) is 0.250. The van der Waals surface area contributed by atoms with Gasteiger partial charge >= 0.3 is 0 Å². The molecule has 1 aliphatic rings. The summed E-state index contributed by atoms with van der Waals surface area (Å²) in [7, 11) is 0. The molecule has 0 N–H and O–H groups in total. The molecule has 1 saturated heterocycles. The van der Waals surface area contributed by atoms with Gasteiger partial charge in [0, 0.05) is 44.2 Å². The molecule has 2 aromatic carbocycles. The van der Waals surface area contributed by atoms with Crippen molar-refractivity contribution in [2.75, 3.05) is 26.2 Å². The fourth-order valence-electron chi connectivity index (χ4n) is 3.27. The van der Waals surface area contributed by atoms with Crippen LogP contribution in [-0.2, 0) is 0 Å². The van der Waals surface area contributed by atoms with E-state index in [0.717, 1.165) is 5.52 Å². The van der Waals surface area contributed by atoms with E-state index in [-0.39, 0.29) is 11.8 Å². The molecule has 0 aliphatic carbocycles. The fourth-order valence-corrected chi connectivity index (χ4v) is 3.27. The lowest BCUT2D eigenvalue weighted by atomic mass is 10.1. The van der Waals surface area contributed by atoms with E-state index >= 15 is 0 Å². The number of hydrogen-bond acceptors (Lipinski definition) is 4. The van der Waals surface area contributed by atoms with Gasteiger partial charge in [0.15, 0.2) is 11.5 Å². The highest BCUT2D eigenvalue weighted by molar-refractivity contribution is 5.97. The Labute approximate surface area is 155 Å². The van der Waals surface area contributed by atoms with Crippen LogP contribution in [0.3, 0.4) is 0 Å². The van der Waals surface area contributed by atoms with Crippen LogP contribution < -0.4 is 0 Å². The monoisotopic (exact) mass is 367 g/mol. The molecule has 4 rings (SSSR count). The number of nitrogens with zero attached hydrogens (tertiary/aromatic N) is 3. The predicted molar refractivity (Wildman–Crippen MR) is 97.0 cm³/mol. The molecule has 27 heavy (non-hydrogen) atoms. The molecule has 6 nitrogen and oxygen atoms in total. The Kier molecular flexibility index (Phi) is 4.35. The summed E-state index contributed by atoms with van der Waals surface area (Å²) in [6, 6.07) is 10.8. The zero-order valence-corrected chi connectivity index (χ0v) is 14.8. The molecule has 0 atom stereocenters. The number of halogens is 1. The number of fused-ring (bicyclic) bond motifs is 1. The van der Waals surface area contributed by atoms with Gasteiger partial charge in [-0.2, -0.15) is 0 Å². The molecule has 0 spiro atoms. The lowest BCUT2D eigenvalue weighted by Crippen LogP contribution is -2.50. The van der Waals surface area contributed by atoms with E-state index in [1.165, 1.54) is 18.2 Å². The van der Waals surface area contributed by atoms with Crippen LogP contribution in [0.2, 0.25) is 0 Å². The molecule has 2 heterocycles. The van der Waals surface area contributed by atoms with Gasteiger partial charge in [0.2, 0.25) is 0 Å². The third-order valence-electron chi connectivity index (χ3n) is 4.67. The second-order valence-electron chi connectivity index (χ2n) is 6.51. The Morgan fingerprint density at radius 1 is 0.963 bits per heavy atom. The summed E-state index contributed by atoms with van der Waals surface area (Å²) < 4.78 is 18.8. The first-order valence-corrected chi connectivity index (χ1v) is 8.72. The van der Waals surface area contributed by atoms with Crippen LogP contribution in [-0.4, -0.2) is 52.8 Å². The van der Waals surface area contributed by atoms with E-state index in [1.807, 2.05) is 0 Å². The van der Waals surface area contributed by atoms with E-state index in [9.17, 15) is 14.0 Å². The Balaban J connectivity index is 1.43. The predicted octanol–water partition coefficient (Wildman–Crippen LogP) is 2.87. The average molecular weight is 367 g/mol. The molecule has 0 unspecified atom stereocenters. The number of benzene rings is 2. The normalized spacial score (nSPS) is 14.6. The van der Waals surface area contributed by atoms with Gasteiger partial charge < -0.3 is 14.2 Å². The molecular weight excluding hydrogens is 349 g/mol.